The molecule has 0 aliphatic rings. The highest BCUT2D eigenvalue weighted by atomic mass is 127. The number of hydrogen-bond donors (Lipinski definition) is 0. The molecule has 0 aliphatic heterocycles. The van der Waals surface area contributed by atoms with E-state index in [1.54, 1.807) is 0 Å². The highest BCUT2D eigenvalue weighted by Gasteiger charge is 2.23. The average Bonchev–Trinajstić information content (AvgIpc) is 1.58. The van der Waals surface area contributed by atoms with Crippen LogP contribution in [-0.2, 0) is 0 Å². The third-order valence-corrected chi connectivity index (χ3v) is 16.3. The molecule has 5 heterocycles. The molecule has 0 fully saturated rings. The normalized spacial score (nSPS) is 8.82. The van der Waals surface area contributed by atoms with Gasteiger partial charge in [-0.25, -0.2) is 19.9 Å². The summed E-state index contributed by atoms with van der Waals surface area (Å²) in [5, 5.41) is 11.6. The van der Waals surface area contributed by atoms with Gasteiger partial charge < -0.3 is 13.4 Å². The van der Waals surface area contributed by atoms with Crippen LogP contribution in [0.5, 0.6) is 0 Å². The Morgan fingerprint density at radius 2 is 0.463 bits per heavy atom. The van der Waals surface area contributed by atoms with E-state index in [-0.39, 0.29) is 37.1 Å². The Morgan fingerprint density at radius 3 is 0.756 bits per heavy atom. The van der Waals surface area contributed by atoms with Crippen molar-refractivity contribution in [2.24, 2.45) is 0 Å². The van der Waals surface area contributed by atoms with Gasteiger partial charge in [0.05, 0.1) is 44.5 Å². The molecule has 0 amide bonds. The standard InChI is InChI=1S/C44H27N3O.C32H19ClN2O.B.18F2.FH.HI/c1-3-14-28(15-4-1)36-27-37(29-16-5-2-6-17-29)46-44(45-36)35-26-41-42(33-21-8-7-18-30(33)35)34-22-13-25-40(43(34)48-41)47-38-23-11-9-19-31(38)32-20-10-12-24-39(32)47;33-26-17-9-16-24-30-23-15-8-7-14-22(23)25(18-29(30)36-31(24)26)32-34-27(20-10-3-1-4-11-20)19-28(35-32)21-12-5-2-6-13-21;;18*1-2;;/h1-27H;1-19H;;;;;;;;;;;;;;;;;;;;2*1H. The van der Waals surface area contributed by atoms with E-state index in [0.717, 1.165) is 133 Å². The van der Waals surface area contributed by atoms with Crippen molar-refractivity contribution >= 4 is 131 Å². The first-order chi connectivity index (χ1) is 59.6. The molecule has 12 aromatic carbocycles. The molecule has 47 heteroatoms. The molecule has 0 unspecified atom stereocenters. The largest absolute Gasteiger partial charge is 0.454 e. The van der Waals surface area contributed by atoms with Gasteiger partial charge in [-0.15, -0.1) is 24.0 Å². The van der Waals surface area contributed by atoms with Crippen molar-refractivity contribution in [1.29, 1.82) is 0 Å². The molecule has 0 saturated heterocycles. The number of benzene rings is 12. The predicted molar refractivity (Wildman–Crippen MR) is 409 cm³/mol. The number of para-hydroxylation sites is 4. The molecule has 17 rings (SSSR count). The second kappa shape index (κ2) is 73.2. The van der Waals surface area contributed by atoms with E-state index in [1.165, 1.54) is 10.8 Å². The molecular weight excluding hydrogens is 1890 g/mol. The molecule has 0 bridgehead atoms. The first-order valence-corrected chi connectivity index (χ1v) is 30.9. The summed E-state index contributed by atoms with van der Waals surface area (Å²) < 4.78 is 304. The Labute approximate surface area is 688 Å². The fourth-order valence-corrected chi connectivity index (χ4v) is 12.4. The van der Waals surface area contributed by atoms with Gasteiger partial charge in [0.25, 0.3) is 0 Å². The van der Waals surface area contributed by atoms with E-state index in [4.69, 9.17) is 205 Å². The van der Waals surface area contributed by atoms with Gasteiger partial charge in [-0.2, -0.15) is 0 Å². The summed E-state index contributed by atoms with van der Waals surface area (Å²) in [7, 11) is 0. The molecule has 0 aliphatic carbocycles. The van der Waals surface area contributed by atoms with Crippen molar-refractivity contribution in [2.75, 3.05) is 0 Å². The number of halogens is 39. The lowest BCUT2D eigenvalue weighted by Crippen LogP contribution is -1.96. The summed E-state index contributed by atoms with van der Waals surface area (Å²) in [5.74, 6) is 1.32. The number of hydrogen-bond acceptors (Lipinski definition) is 6. The summed E-state index contributed by atoms with van der Waals surface area (Å²) in [4.78, 5) is 20.5. The number of rotatable bonds is 7. The Balaban J connectivity index is -0.000000407. The molecule has 5 aromatic heterocycles. The maximum Gasteiger partial charge on any atom is 0.161 e. The van der Waals surface area contributed by atoms with Crippen molar-refractivity contribution in [2.45, 2.75) is 0 Å². The van der Waals surface area contributed by atoms with Crippen LogP contribution < -0.4 is 0 Å². The fraction of sp³-hybridized carbons (Fsp3) is 0. The molecule has 665 valence electrons. The zero-order valence-corrected chi connectivity index (χ0v) is 63.1. The van der Waals surface area contributed by atoms with Crippen LogP contribution in [0.1, 0.15) is 0 Å². The number of nitrogens with zero attached hydrogens (tertiary/aromatic N) is 5. The fourth-order valence-electron chi connectivity index (χ4n) is 12.2. The molecule has 0 spiro atoms. The van der Waals surface area contributed by atoms with Gasteiger partial charge in [-0.3, -0.25) is 4.70 Å². The Morgan fingerprint density at radius 1 is 0.236 bits per heavy atom. The van der Waals surface area contributed by atoms with Crippen LogP contribution in [0.4, 0.5) is 169 Å². The Kier molecular flexibility index (Phi) is 72.0. The van der Waals surface area contributed by atoms with Crippen molar-refractivity contribution in [3.63, 3.8) is 0 Å². The zero-order chi connectivity index (χ0) is 91.7. The van der Waals surface area contributed by atoms with Crippen molar-refractivity contribution in [1.82, 2.24) is 24.5 Å². The summed E-state index contributed by atoms with van der Waals surface area (Å²) in [6.07, 6.45) is 0. The lowest BCUT2D eigenvalue weighted by molar-refractivity contribution is 0.108. The highest BCUT2D eigenvalue weighted by molar-refractivity contribution is 14.0. The van der Waals surface area contributed by atoms with Gasteiger partial charge in [-0.05, 0) is 70.1 Å². The summed E-state index contributed by atoms with van der Waals surface area (Å²) in [5.41, 5.74) is 16.0. The van der Waals surface area contributed by atoms with Gasteiger partial charge in [0, 0.05) is 239 Å². The smallest absolute Gasteiger partial charge is 0.161 e. The first kappa shape index (κ1) is 121. The molecule has 3 radical (unpaired) electrons. The molecule has 123 heavy (non-hydrogen) atoms. The lowest BCUT2D eigenvalue weighted by atomic mass is 9.98. The lowest BCUT2D eigenvalue weighted by Gasteiger charge is -2.11. The van der Waals surface area contributed by atoms with Gasteiger partial charge in [0.2, 0.25) is 0 Å². The van der Waals surface area contributed by atoms with E-state index < -0.39 is 0 Å². The number of aromatic nitrogens is 5. The minimum Gasteiger partial charge on any atom is -0.454 e. The second-order valence-corrected chi connectivity index (χ2v) is 21.3. The minimum absolute atomic E-state index is 0. The molecule has 17 aromatic rings. The summed E-state index contributed by atoms with van der Waals surface area (Å²) in [6, 6.07) is 95.7. The Hall–Kier alpha value is -12.8. The van der Waals surface area contributed by atoms with Crippen LogP contribution in [0.2, 0.25) is 5.02 Å². The average molecular weight is 1940 g/mol. The van der Waals surface area contributed by atoms with Crippen LogP contribution in [0.25, 0.3) is 161 Å². The maximum absolute atomic E-state index is 8.00. The third-order valence-electron chi connectivity index (χ3n) is 16.0. The van der Waals surface area contributed by atoms with Crippen LogP contribution >= 0.6 is 35.6 Å². The van der Waals surface area contributed by atoms with Crippen LogP contribution in [0.3, 0.4) is 0 Å². The van der Waals surface area contributed by atoms with Crippen molar-refractivity contribution in [3.05, 3.63) is 284 Å². The molecule has 7 nitrogen and oxygen atoms in total. The Bertz CT molecular complexity index is 5340. The summed E-state index contributed by atoms with van der Waals surface area (Å²) >= 11 is 6.50. The van der Waals surface area contributed by atoms with Crippen molar-refractivity contribution < 1.29 is 178 Å². The number of fused-ring (bicyclic) bond motifs is 13. The second-order valence-electron chi connectivity index (χ2n) is 20.9. The van der Waals surface area contributed by atoms with E-state index in [0.29, 0.717) is 22.3 Å². The highest BCUT2D eigenvalue weighted by Crippen LogP contribution is 2.45. The SMILES string of the molecule is Clc1cccc2c1oc1cc(-c3nc(-c4ccccc4)cc(-c4ccccc4)n3)c3ccccc3c12.F.FF.FF.FF.FF.FF.FF.FF.FF.FF.FF.FF.FF.FF.FF.FF.FF.FF.FF.I.[B].c1ccc(-c2cc(-c3ccccc3)nc(-c3cc4oc5c(-n6c7ccccc7c7ccccc76)cccc5c4c4ccccc34)n2)cc1. The van der Waals surface area contributed by atoms with E-state index in [9.17, 15) is 0 Å². The quantitative estimate of drug-likeness (QED) is 0.0898. The van der Waals surface area contributed by atoms with Gasteiger partial charge in [0.15, 0.2) is 22.8 Å². The topological polar surface area (TPSA) is 82.8 Å². The zero-order valence-electron chi connectivity index (χ0n) is 60.0. The third kappa shape index (κ3) is 30.4. The van der Waals surface area contributed by atoms with E-state index in [1.807, 2.05) is 103 Å². The molecule has 0 N–H and O–H groups in total. The maximum atomic E-state index is 8.00. The van der Waals surface area contributed by atoms with Crippen LogP contribution in [0, 0.1) is 0 Å². The first-order valence-electron chi connectivity index (χ1n) is 30.5. The van der Waals surface area contributed by atoms with Gasteiger partial charge in [-0.1, -0.05) is 242 Å². The monoisotopic (exact) mass is 1940 g/mol. The van der Waals surface area contributed by atoms with Gasteiger partial charge in [0.1, 0.15) is 11.2 Å². The molecule has 0 saturated carbocycles. The minimum atomic E-state index is 0. The summed E-state index contributed by atoms with van der Waals surface area (Å²) in [6.45, 7) is 0. The van der Waals surface area contributed by atoms with Crippen molar-refractivity contribution in [3.8, 4) is 73.5 Å². The van der Waals surface area contributed by atoms with Crippen LogP contribution in [0.15, 0.2) is 288 Å². The van der Waals surface area contributed by atoms with Crippen LogP contribution in [-0.4, -0.2) is 32.9 Å². The molecular formula is C76H48BClF37IN5O2. The number of furan rings is 2. The predicted octanol–water partition coefficient (Wildman–Crippen LogP) is 36.3. The van der Waals surface area contributed by atoms with Gasteiger partial charge >= 0.3 is 0 Å². The van der Waals surface area contributed by atoms with E-state index in [2.05, 4.69) is 180 Å². The van der Waals surface area contributed by atoms with E-state index >= 15 is 0 Å². The molecule has 0 atom stereocenters.